The van der Waals surface area contributed by atoms with Crippen LogP contribution < -0.4 is 10.5 Å². The van der Waals surface area contributed by atoms with Crippen molar-refractivity contribution in [3.05, 3.63) is 28.8 Å². The summed E-state index contributed by atoms with van der Waals surface area (Å²) in [6.07, 6.45) is 4.60. The van der Waals surface area contributed by atoms with Crippen LogP contribution in [-0.4, -0.2) is 15.0 Å². The average Bonchev–Trinajstić information content (AvgIpc) is 2.31. The Morgan fingerprint density at radius 3 is 2.63 bits per heavy atom. The van der Waals surface area contributed by atoms with Crippen LogP contribution in [0.25, 0.3) is 0 Å². The molecule has 1 aliphatic rings. The van der Waals surface area contributed by atoms with E-state index >= 15 is 0 Å². The molecule has 106 valence electrons. The molecule has 4 nitrogen and oxygen atoms in total. The lowest BCUT2D eigenvalue weighted by Gasteiger charge is -2.25. The first-order valence-electron chi connectivity index (χ1n) is 6.51. The first kappa shape index (κ1) is 14.8. The van der Waals surface area contributed by atoms with Gasteiger partial charge >= 0.3 is 0 Å². The van der Waals surface area contributed by atoms with Crippen molar-refractivity contribution in [3.63, 3.8) is 0 Å². The van der Waals surface area contributed by atoms with Gasteiger partial charge in [-0.15, -0.1) is 0 Å². The van der Waals surface area contributed by atoms with Gasteiger partial charge in [0.05, 0.1) is 5.02 Å². The fraction of sp³-hybridized carbons (Fsp3) is 0.538. The molecule has 6 heteroatoms. The zero-order valence-electron chi connectivity index (χ0n) is 10.7. The Hall–Kier alpha value is -0.620. The Morgan fingerprint density at radius 2 is 2.11 bits per heavy atom. The van der Waals surface area contributed by atoms with Crippen LogP contribution in [0.3, 0.4) is 0 Å². The maximum Gasteiger partial charge on any atom is 0.242 e. The van der Waals surface area contributed by atoms with Gasteiger partial charge in [-0.3, -0.25) is 0 Å². The van der Waals surface area contributed by atoms with Crippen LogP contribution in [0.1, 0.15) is 31.2 Å². The second-order valence-electron chi connectivity index (χ2n) is 4.95. The molecule has 3 N–H and O–H groups in total. The SMILES string of the molecule is NCc1ccc(S(=O)(=O)NCCC2CCC2)c(Cl)c1. The van der Waals surface area contributed by atoms with Crippen LogP contribution in [0, 0.1) is 5.92 Å². The van der Waals surface area contributed by atoms with E-state index in [0.717, 1.165) is 12.0 Å². The summed E-state index contributed by atoms with van der Waals surface area (Å²) in [5.41, 5.74) is 6.31. The van der Waals surface area contributed by atoms with Gasteiger partial charge < -0.3 is 5.73 Å². The fourth-order valence-corrected chi connectivity index (χ4v) is 3.76. The number of rotatable bonds is 6. The van der Waals surface area contributed by atoms with Crippen molar-refractivity contribution < 1.29 is 8.42 Å². The molecule has 0 bridgehead atoms. The smallest absolute Gasteiger partial charge is 0.242 e. The van der Waals surface area contributed by atoms with Crippen LogP contribution in [-0.2, 0) is 16.6 Å². The molecule has 1 aliphatic carbocycles. The third kappa shape index (κ3) is 3.69. The molecule has 1 saturated carbocycles. The zero-order valence-corrected chi connectivity index (χ0v) is 12.3. The monoisotopic (exact) mass is 302 g/mol. The summed E-state index contributed by atoms with van der Waals surface area (Å²) in [5, 5.41) is 0.221. The van der Waals surface area contributed by atoms with Crippen LogP contribution >= 0.6 is 11.6 Å². The first-order valence-corrected chi connectivity index (χ1v) is 8.37. The lowest BCUT2D eigenvalue weighted by molar-refractivity contribution is 0.297. The third-order valence-corrected chi connectivity index (χ3v) is 5.53. The number of hydrogen-bond acceptors (Lipinski definition) is 3. The predicted octanol–water partition coefficient (Wildman–Crippen LogP) is 2.27. The van der Waals surface area contributed by atoms with Crippen LogP contribution in [0.15, 0.2) is 23.1 Å². The Kier molecular flexibility index (Phi) is 4.84. The van der Waals surface area contributed by atoms with Crippen LogP contribution in [0.2, 0.25) is 5.02 Å². The van der Waals surface area contributed by atoms with Crippen LogP contribution in [0.5, 0.6) is 0 Å². The highest BCUT2D eigenvalue weighted by Gasteiger charge is 2.20. The van der Waals surface area contributed by atoms with E-state index in [2.05, 4.69) is 4.72 Å². The summed E-state index contributed by atoms with van der Waals surface area (Å²) in [4.78, 5) is 0.125. The van der Waals surface area contributed by atoms with E-state index < -0.39 is 10.0 Å². The third-order valence-electron chi connectivity index (χ3n) is 3.59. The van der Waals surface area contributed by atoms with Crippen LogP contribution in [0.4, 0.5) is 0 Å². The molecule has 0 amide bonds. The molecule has 0 saturated heterocycles. The molecule has 1 aromatic rings. The molecule has 0 spiro atoms. The second-order valence-corrected chi connectivity index (χ2v) is 7.09. The van der Waals surface area contributed by atoms with Crippen molar-refractivity contribution in [2.45, 2.75) is 37.1 Å². The lowest BCUT2D eigenvalue weighted by atomic mass is 9.83. The van der Waals surface area contributed by atoms with Gasteiger partial charge in [-0.1, -0.05) is 36.9 Å². The average molecular weight is 303 g/mol. The molecule has 1 fully saturated rings. The van der Waals surface area contributed by atoms with E-state index in [1.807, 2.05) is 0 Å². The van der Waals surface area contributed by atoms with Gasteiger partial charge in [0.15, 0.2) is 0 Å². The van der Waals surface area contributed by atoms with Gasteiger partial charge in [0.2, 0.25) is 10.0 Å². The van der Waals surface area contributed by atoms with E-state index in [1.165, 1.54) is 25.3 Å². The summed E-state index contributed by atoms with van der Waals surface area (Å²) in [6.45, 7) is 0.817. The second kappa shape index (κ2) is 6.22. The molecule has 19 heavy (non-hydrogen) atoms. The minimum atomic E-state index is -3.52. The zero-order chi connectivity index (χ0) is 13.9. The fourth-order valence-electron chi connectivity index (χ4n) is 2.15. The van der Waals surface area contributed by atoms with Crippen molar-refractivity contribution in [1.82, 2.24) is 4.72 Å². The van der Waals surface area contributed by atoms with Gasteiger partial charge in [-0.25, -0.2) is 13.1 Å². The molecule has 1 aromatic carbocycles. The van der Waals surface area contributed by atoms with Crippen molar-refractivity contribution in [2.24, 2.45) is 11.7 Å². The Balaban J connectivity index is 2.01. The van der Waals surface area contributed by atoms with Crippen molar-refractivity contribution in [3.8, 4) is 0 Å². The van der Waals surface area contributed by atoms with Gasteiger partial charge in [0.25, 0.3) is 0 Å². The van der Waals surface area contributed by atoms with Gasteiger partial charge in [-0.2, -0.15) is 0 Å². The van der Waals surface area contributed by atoms with Crippen molar-refractivity contribution >= 4 is 21.6 Å². The molecule has 0 aromatic heterocycles. The summed E-state index contributed by atoms with van der Waals surface area (Å²) in [7, 11) is -3.52. The van der Waals surface area contributed by atoms with Gasteiger partial charge in [0, 0.05) is 13.1 Å². The highest BCUT2D eigenvalue weighted by atomic mass is 35.5. The van der Waals surface area contributed by atoms with E-state index in [9.17, 15) is 8.42 Å². The normalized spacial score (nSPS) is 16.3. The van der Waals surface area contributed by atoms with Gasteiger partial charge in [0.1, 0.15) is 4.90 Å². The predicted molar refractivity (Wildman–Crippen MR) is 76.5 cm³/mol. The number of halogens is 1. The highest BCUT2D eigenvalue weighted by molar-refractivity contribution is 7.89. The van der Waals surface area contributed by atoms with E-state index in [0.29, 0.717) is 19.0 Å². The Morgan fingerprint density at radius 1 is 1.37 bits per heavy atom. The number of nitrogens with two attached hydrogens (primary N) is 1. The minimum Gasteiger partial charge on any atom is -0.326 e. The highest BCUT2D eigenvalue weighted by Crippen LogP contribution is 2.29. The molecule has 0 aliphatic heterocycles. The number of benzene rings is 1. The van der Waals surface area contributed by atoms with E-state index in [4.69, 9.17) is 17.3 Å². The summed E-state index contributed by atoms with van der Waals surface area (Å²) < 4.78 is 26.8. The van der Waals surface area contributed by atoms with E-state index in [-0.39, 0.29) is 9.92 Å². The summed E-state index contributed by atoms with van der Waals surface area (Å²) in [5.74, 6) is 0.679. The minimum absolute atomic E-state index is 0.125. The van der Waals surface area contributed by atoms with E-state index in [1.54, 1.807) is 12.1 Å². The molecule has 2 rings (SSSR count). The summed E-state index contributed by atoms with van der Waals surface area (Å²) >= 11 is 6.00. The first-order chi connectivity index (χ1) is 9.03. The Labute approximate surface area is 119 Å². The van der Waals surface area contributed by atoms with Gasteiger partial charge in [-0.05, 0) is 30.0 Å². The largest absolute Gasteiger partial charge is 0.326 e. The summed E-state index contributed by atoms with van der Waals surface area (Å²) in [6, 6.07) is 4.80. The maximum absolute atomic E-state index is 12.1. The standard InChI is InChI=1S/C13H19ClN2O2S/c14-12-8-11(9-15)4-5-13(12)19(17,18)16-7-6-10-2-1-3-10/h4-5,8,10,16H,1-3,6-7,9,15H2. The molecular formula is C13H19ClN2O2S. The molecule has 0 heterocycles. The molecule has 0 radical (unpaired) electrons. The molecular weight excluding hydrogens is 284 g/mol. The quantitative estimate of drug-likeness (QED) is 0.846. The maximum atomic E-state index is 12.1. The van der Waals surface area contributed by atoms with Crippen molar-refractivity contribution in [1.29, 1.82) is 0 Å². The Bertz CT molecular complexity index is 542. The number of sulfonamides is 1. The molecule has 0 unspecified atom stereocenters. The molecule has 0 atom stereocenters. The topological polar surface area (TPSA) is 72.2 Å². The lowest BCUT2D eigenvalue weighted by Crippen LogP contribution is -2.27. The van der Waals surface area contributed by atoms with Crippen molar-refractivity contribution in [2.75, 3.05) is 6.54 Å². The number of nitrogens with one attached hydrogen (secondary N) is 1. The number of hydrogen-bond donors (Lipinski definition) is 2.